The van der Waals surface area contributed by atoms with E-state index in [1.165, 1.54) is 31.5 Å². The molecule has 1 aromatic heterocycles. The van der Waals surface area contributed by atoms with Gasteiger partial charge in [-0.1, -0.05) is 30.3 Å². The van der Waals surface area contributed by atoms with E-state index in [4.69, 9.17) is 4.74 Å². The maximum atomic E-state index is 5.34. The van der Waals surface area contributed by atoms with Crippen molar-refractivity contribution >= 4 is 5.82 Å². The van der Waals surface area contributed by atoms with Gasteiger partial charge in [0.1, 0.15) is 12.1 Å². The highest BCUT2D eigenvalue weighted by atomic mass is 16.5. The SMILES string of the molecule is COc1cc(N2C[C@H](c3ccccc3)[C@H]3[C@@H]2C2CCN3CC2)ncn1. The third-order valence-corrected chi connectivity index (χ3v) is 6.35. The summed E-state index contributed by atoms with van der Waals surface area (Å²) in [6, 6.07) is 14.1. The van der Waals surface area contributed by atoms with Gasteiger partial charge in [-0.15, -0.1) is 0 Å². The molecule has 3 atom stereocenters. The number of rotatable bonds is 3. The molecule has 130 valence electrons. The van der Waals surface area contributed by atoms with Crippen LogP contribution >= 0.6 is 0 Å². The van der Waals surface area contributed by atoms with Crippen molar-refractivity contribution < 1.29 is 4.74 Å². The average Bonchev–Trinajstić information content (AvgIpc) is 3.12. The summed E-state index contributed by atoms with van der Waals surface area (Å²) < 4.78 is 5.34. The van der Waals surface area contributed by atoms with Gasteiger partial charge in [0, 0.05) is 30.6 Å². The van der Waals surface area contributed by atoms with Crippen LogP contribution in [0.3, 0.4) is 0 Å². The molecule has 4 saturated heterocycles. The van der Waals surface area contributed by atoms with Crippen LogP contribution in [-0.4, -0.2) is 53.7 Å². The standard InChI is InChI=1S/C20H24N4O/c1-25-18-11-17(21-13-22-18)24-12-16(14-5-3-2-4-6-14)20-19(24)15-7-9-23(20)10-8-15/h2-6,11,13,15-16,19-20H,7-10,12H2,1H3/t16-,19+,20+/m1/s1. The largest absolute Gasteiger partial charge is 0.481 e. The normalized spacial score (nSPS) is 33.3. The van der Waals surface area contributed by atoms with E-state index in [1.807, 2.05) is 6.07 Å². The van der Waals surface area contributed by atoms with Crippen LogP contribution in [-0.2, 0) is 0 Å². The molecule has 5 heteroatoms. The fraction of sp³-hybridized carbons (Fsp3) is 0.500. The molecular weight excluding hydrogens is 312 g/mol. The molecule has 0 amide bonds. The number of anilines is 1. The van der Waals surface area contributed by atoms with Crippen LogP contribution in [0.1, 0.15) is 24.3 Å². The van der Waals surface area contributed by atoms with Crippen LogP contribution in [0, 0.1) is 5.92 Å². The Morgan fingerprint density at radius 2 is 1.84 bits per heavy atom. The summed E-state index contributed by atoms with van der Waals surface area (Å²) in [7, 11) is 1.67. The average molecular weight is 336 g/mol. The quantitative estimate of drug-likeness (QED) is 0.862. The Kier molecular flexibility index (Phi) is 3.63. The van der Waals surface area contributed by atoms with Gasteiger partial charge in [0.25, 0.3) is 0 Å². The fourth-order valence-electron chi connectivity index (χ4n) is 5.27. The zero-order valence-corrected chi connectivity index (χ0v) is 14.6. The Balaban J connectivity index is 1.56. The van der Waals surface area contributed by atoms with Gasteiger partial charge in [0.15, 0.2) is 0 Å². The number of hydrogen-bond acceptors (Lipinski definition) is 5. The Morgan fingerprint density at radius 1 is 1.04 bits per heavy atom. The number of hydrogen-bond donors (Lipinski definition) is 0. The predicted molar refractivity (Wildman–Crippen MR) is 97.0 cm³/mol. The van der Waals surface area contributed by atoms with E-state index < -0.39 is 0 Å². The van der Waals surface area contributed by atoms with Crippen LogP contribution in [0.2, 0.25) is 0 Å². The highest BCUT2D eigenvalue weighted by molar-refractivity contribution is 5.48. The molecule has 2 aromatic rings. The second-order valence-electron chi connectivity index (χ2n) is 7.44. The summed E-state index contributed by atoms with van der Waals surface area (Å²) in [6.45, 7) is 3.51. The zero-order valence-electron chi connectivity index (χ0n) is 14.6. The maximum Gasteiger partial charge on any atom is 0.218 e. The van der Waals surface area contributed by atoms with Gasteiger partial charge in [-0.05, 0) is 37.4 Å². The highest BCUT2D eigenvalue weighted by Crippen LogP contribution is 2.47. The molecule has 6 rings (SSSR count). The van der Waals surface area contributed by atoms with Gasteiger partial charge in [-0.3, -0.25) is 4.90 Å². The molecule has 0 radical (unpaired) electrons. The first kappa shape index (κ1) is 15.1. The number of methoxy groups -OCH3 is 1. The van der Waals surface area contributed by atoms with Crippen molar-refractivity contribution in [2.24, 2.45) is 5.92 Å². The van der Waals surface area contributed by atoms with E-state index in [2.05, 4.69) is 50.1 Å². The molecule has 5 heterocycles. The monoisotopic (exact) mass is 336 g/mol. The summed E-state index contributed by atoms with van der Waals surface area (Å²) >= 11 is 0. The minimum Gasteiger partial charge on any atom is -0.481 e. The van der Waals surface area contributed by atoms with Gasteiger partial charge in [0.2, 0.25) is 5.88 Å². The van der Waals surface area contributed by atoms with E-state index in [0.717, 1.165) is 18.3 Å². The molecule has 0 saturated carbocycles. The van der Waals surface area contributed by atoms with Crippen molar-refractivity contribution in [2.45, 2.75) is 30.8 Å². The van der Waals surface area contributed by atoms with Crippen LogP contribution in [0.4, 0.5) is 5.82 Å². The van der Waals surface area contributed by atoms with Gasteiger partial charge in [0.05, 0.1) is 7.11 Å². The summed E-state index contributed by atoms with van der Waals surface area (Å²) in [5, 5.41) is 0. The number of fused-ring (bicyclic) bond motifs is 2. The second kappa shape index (κ2) is 5.99. The number of benzene rings is 1. The van der Waals surface area contributed by atoms with Crippen molar-refractivity contribution in [1.82, 2.24) is 14.9 Å². The maximum absolute atomic E-state index is 5.34. The van der Waals surface area contributed by atoms with E-state index >= 15 is 0 Å². The number of aromatic nitrogens is 2. The Bertz CT molecular complexity index is 744. The van der Waals surface area contributed by atoms with Crippen molar-refractivity contribution in [3.05, 3.63) is 48.3 Å². The molecule has 25 heavy (non-hydrogen) atoms. The highest BCUT2D eigenvalue weighted by Gasteiger charge is 2.53. The van der Waals surface area contributed by atoms with Crippen molar-refractivity contribution in [3.8, 4) is 5.88 Å². The van der Waals surface area contributed by atoms with Crippen LogP contribution in [0.15, 0.2) is 42.7 Å². The third-order valence-electron chi connectivity index (χ3n) is 6.35. The van der Waals surface area contributed by atoms with Gasteiger partial charge < -0.3 is 9.64 Å². The summed E-state index contributed by atoms with van der Waals surface area (Å²) in [6.07, 6.45) is 4.24. The smallest absolute Gasteiger partial charge is 0.218 e. The molecule has 0 spiro atoms. The van der Waals surface area contributed by atoms with E-state index in [1.54, 1.807) is 13.4 Å². The fourth-order valence-corrected chi connectivity index (χ4v) is 5.27. The van der Waals surface area contributed by atoms with Gasteiger partial charge >= 0.3 is 0 Å². The van der Waals surface area contributed by atoms with Crippen molar-refractivity contribution in [1.29, 1.82) is 0 Å². The van der Waals surface area contributed by atoms with Crippen molar-refractivity contribution in [3.63, 3.8) is 0 Å². The van der Waals surface area contributed by atoms with E-state index in [-0.39, 0.29) is 0 Å². The molecule has 0 N–H and O–H groups in total. The minimum absolute atomic E-state index is 0.537. The lowest BCUT2D eigenvalue weighted by Crippen LogP contribution is -2.60. The number of ether oxygens (including phenoxy) is 1. The molecule has 0 aliphatic carbocycles. The molecule has 4 aliphatic rings. The van der Waals surface area contributed by atoms with Crippen LogP contribution < -0.4 is 9.64 Å². The summed E-state index contributed by atoms with van der Waals surface area (Å²) in [5.41, 5.74) is 1.45. The minimum atomic E-state index is 0.537. The lowest BCUT2D eigenvalue weighted by Gasteiger charge is -2.51. The van der Waals surface area contributed by atoms with Gasteiger partial charge in [-0.25, -0.2) is 9.97 Å². The van der Waals surface area contributed by atoms with Crippen molar-refractivity contribution in [2.75, 3.05) is 31.6 Å². The second-order valence-corrected chi connectivity index (χ2v) is 7.44. The Labute approximate surface area is 148 Å². The number of nitrogens with zero attached hydrogens (tertiary/aromatic N) is 4. The lowest BCUT2D eigenvalue weighted by atomic mass is 9.75. The predicted octanol–water partition coefficient (Wildman–Crippen LogP) is 2.55. The molecular formula is C20H24N4O. The third kappa shape index (κ3) is 2.41. The topological polar surface area (TPSA) is 41.5 Å². The molecule has 5 nitrogen and oxygen atoms in total. The lowest BCUT2D eigenvalue weighted by molar-refractivity contribution is 0.0354. The molecule has 2 bridgehead atoms. The number of piperidine rings is 3. The molecule has 0 unspecified atom stereocenters. The summed E-state index contributed by atoms with van der Waals surface area (Å²) in [4.78, 5) is 14.0. The van der Waals surface area contributed by atoms with E-state index in [9.17, 15) is 0 Å². The zero-order chi connectivity index (χ0) is 16.8. The Hall–Kier alpha value is -2.14. The molecule has 4 aliphatic heterocycles. The van der Waals surface area contributed by atoms with Crippen LogP contribution in [0.25, 0.3) is 0 Å². The van der Waals surface area contributed by atoms with Crippen LogP contribution in [0.5, 0.6) is 5.88 Å². The van der Waals surface area contributed by atoms with E-state index in [0.29, 0.717) is 23.9 Å². The first-order valence-corrected chi connectivity index (χ1v) is 9.27. The first-order chi connectivity index (χ1) is 12.3. The van der Waals surface area contributed by atoms with Gasteiger partial charge in [-0.2, -0.15) is 0 Å². The first-order valence-electron chi connectivity index (χ1n) is 9.27. The molecule has 1 aromatic carbocycles. The Morgan fingerprint density at radius 3 is 2.60 bits per heavy atom. The summed E-state index contributed by atoms with van der Waals surface area (Å²) in [5.74, 6) is 2.96. The molecule has 4 fully saturated rings.